The Bertz CT molecular complexity index is 1220. The number of nitrogens with one attached hydrogen (secondary N) is 3. The molecule has 0 aliphatic carbocycles. The summed E-state index contributed by atoms with van der Waals surface area (Å²) in [6, 6.07) is 24.5. The lowest BCUT2D eigenvalue weighted by Gasteiger charge is -2.17. The number of thiocarbonyl (C=S) groups is 1. The van der Waals surface area contributed by atoms with Gasteiger partial charge in [-0.15, -0.1) is 0 Å². The standard InChI is InChI=1S/C22H19N5OS/c1-15-11-13-16(14-12-15)23-22(29)26-25-21-24-19-10-6-5-9-18(19)20(28)27(21)17-7-3-2-4-8-17/h2-14H,1H3,(H,24,25)(H2,23,26,29). The van der Waals surface area contributed by atoms with Crippen LogP contribution in [0.4, 0.5) is 11.6 Å². The summed E-state index contributed by atoms with van der Waals surface area (Å²) in [7, 11) is 0. The zero-order valence-corrected chi connectivity index (χ0v) is 16.5. The average molecular weight is 401 g/mol. The molecule has 0 atom stereocenters. The van der Waals surface area contributed by atoms with Crippen LogP contribution in [-0.2, 0) is 0 Å². The van der Waals surface area contributed by atoms with Crippen LogP contribution in [0.2, 0.25) is 0 Å². The van der Waals surface area contributed by atoms with Crippen molar-refractivity contribution in [3.63, 3.8) is 0 Å². The number of hydrogen-bond donors (Lipinski definition) is 3. The van der Waals surface area contributed by atoms with Crippen LogP contribution in [0.5, 0.6) is 0 Å². The number of nitrogens with zero attached hydrogens (tertiary/aromatic N) is 2. The van der Waals surface area contributed by atoms with Gasteiger partial charge in [0, 0.05) is 5.69 Å². The quantitative estimate of drug-likeness (QED) is 0.355. The summed E-state index contributed by atoms with van der Waals surface area (Å²) in [5, 5.41) is 3.99. The van der Waals surface area contributed by atoms with E-state index in [2.05, 4.69) is 21.2 Å². The van der Waals surface area contributed by atoms with E-state index in [0.29, 0.717) is 27.7 Å². The third kappa shape index (κ3) is 4.09. The first-order chi connectivity index (χ1) is 14.1. The highest BCUT2D eigenvalue weighted by Crippen LogP contribution is 2.15. The lowest BCUT2D eigenvalue weighted by molar-refractivity contribution is 0.929. The molecule has 1 aromatic heterocycles. The number of hydrazine groups is 1. The number of rotatable bonds is 4. The first-order valence-electron chi connectivity index (χ1n) is 9.09. The van der Waals surface area contributed by atoms with E-state index >= 15 is 0 Å². The van der Waals surface area contributed by atoms with Gasteiger partial charge in [0.1, 0.15) is 0 Å². The predicted molar refractivity (Wildman–Crippen MR) is 121 cm³/mol. The monoisotopic (exact) mass is 401 g/mol. The Labute approximate surface area is 173 Å². The van der Waals surface area contributed by atoms with Crippen LogP contribution in [0.3, 0.4) is 0 Å². The maximum absolute atomic E-state index is 13.1. The van der Waals surface area contributed by atoms with Crippen LogP contribution in [-0.4, -0.2) is 14.7 Å². The van der Waals surface area contributed by atoms with Gasteiger partial charge in [-0.3, -0.25) is 15.6 Å². The Morgan fingerprint density at radius 3 is 2.38 bits per heavy atom. The first kappa shape index (κ1) is 18.6. The summed E-state index contributed by atoms with van der Waals surface area (Å²) < 4.78 is 1.52. The molecule has 1 heterocycles. The number of fused-ring (bicyclic) bond motifs is 1. The van der Waals surface area contributed by atoms with Gasteiger partial charge in [-0.1, -0.05) is 48.0 Å². The summed E-state index contributed by atoms with van der Waals surface area (Å²) in [4.78, 5) is 17.7. The molecule has 0 radical (unpaired) electrons. The Morgan fingerprint density at radius 2 is 1.62 bits per heavy atom. The molecule has 0 aliphatic rings. The van der Waals surface area contributed by atoms with E-state index in [4.69, 9.17) is 12.2 Å². The molecule has 29 heavy (non-hydrogen) atoms. The minimum Gasteiger partial charge on any atom is -0.331 e. The Morgan fingerprint density at radius 1 is 0.931 bits per heavy atom. The molecule has 0 spiro atoms. The van der Waals surface area contributed by atoms with Crippen molar-refractivity contribution in [3.05, 3.63) is 94.8 Å². The fourth-order valence-corrected chi connectivity index (χ4v) is 3.11. The molecular formula is C22H19N5OS. The molecule has 0 saturated carbocycles. The van der Waals surface area contributed by atoms with Gasteiger partial charge in [0.25, 0.3) is 5.56 Å². The maximum Gasteiger partial charge on any atom is 0.267 e. The normalized spacial score (nSPS) is 10.5. The van der Waals surface area contributed by atoms with Crippen molar-refractivity contribution in [2.24, 2.45) is 0 Å². The molecule has 4 aromatic rings. The smallest absolute Gasteiger partial charge is 0.267 e. The molecule has 0 bridgehead atoms. The summed E-state index contributed by atoms with van der Waals surface area (Å²) in [6.07, 6.45) is 0. The largest absolute Gasteiger partial charge is 0.331 e. The number of benzene rings is 3. The van der Waals surface area contributed by atoms with Gasteiger partial charge >= 0.3 is 0 Å². The molecule has 0 fully saturated rings. The van der Waals surface area contributed by atoms with E-state index in [1.165, 1.54) is 10.1 Å². The first-order valence-corrected chi connectivity index (χ1v) is 9.49. The number of hydrogen-bond acceptors (Lipinski definition) is 4. The second-order valence-electron chi connectivity index (χ2n) is 6.50. The van der Waals surface area contributed by atoms with Gasteiger partial charge in [-0.05, 0) is 55.5 Å². The maximum atomic E-state index is 13.1. The highest BCUT2D eigenvalue weighted by molar-refractivity contribution is 7.80. The zero-order valence-electron chi connectivity index (χ0n) is 15.7. The lowest BCUT2D eigenvalue weighted by atomic mass is 10.2. The number of aromatic nitrogens is 2. The van der Waals surface area contributed by atoms with Gasteiger partial charge in [0.2, 0.25) is 5.95 Å². The van der Waals surface area contributed by atoms with E-state index < -0.39 is 0 Å². The van der Waals surface area contributed by atoms with Crippen molar-refractivity contribution in [3.8, 4) is 5.69 Å². The topological polar surface area (TPSA) is 71.0 Å². The van der Waals surface area contributed by atoms with Crippen LogP contribution in [0.25, 0.3) is 16.6 Å². The summed E-state index contributed by atoms with van der Waals surface area (Å²) >= 11 is 5.36. The molecule has 6 nitrogen and oxygen atoms in total. The molecule has 4 rings (SSSR count). The van der Waals surface area contributed by atoms with Gasteiger partial charge in [-0.25, -0.2) is 9.55 Å². The van der Waals surface area contributed by atoms with Crippen LogP contribution in [0, 0.1) is 6.92 Å². The lowest BCUT2D eigenvalue weighted by Crippen LogP contribution is -2.36. The van der Waals surface area contributed by atoms with Crippen molar-refractivity contribution in [2.75, 3.05) is 10.7 Å². The van der Waals surface area contributed by atoms with E-state index in [1.54, 1.807) is 12.1 Å². The van der Waals surface area contributed by atoms with Crippen molar-refractivity contribution in [1.82, 2.24) is 15.0 Å². The van der Waals surface area contributed by atoms with Crippen molar-refractivity contribution >= 4 is 39.9 Å². The second-order valence-corrected chi connectivity index (χ2v) is 6.91. The Hall–Kier alpha value is -3.71. The molecular weight excluding hydrogens is 382 g/mol. The van der Waals surface area contributed by atoms with Crippen molar-refractivity contribution < 1.29 is 0 Å². The minimum atomic E-state index is -0.163. The zero-order chi connectivity index (χ0) is 20.2. The Balaban J connectivity index is 1.64. The van der Waals surface area contributed by atoms with Gasteiger partial charge in [0.05, 0.1) is 16.6 Å². The van der Waals surface area contributed by atoms with Crippen LogP contribution >= 0.6 is 12.2 Å². The molecule has 0 saturated heterocycles. The molecule has 0 amide bonds. The van der Waals surface area contributed by atoms with E-state index in [-0.39, 0.29) is 5.56 Å². The van der Waals surface area contributed by atoms with Crippen LogP contribution in [0.15, 0.2) is 83.7 Å². The fourth-order valence-electron chi connectivity index (χ4n) is 2.95. The van der Waals surface area contributed by atoms with E-state index in [1.807, 2.05) is 73.7 Å². The molecule has 0 aliphatic heterocycles. The van der Waals surface area contributed by atoms with E-state index in [0.717, 1.165) is 5.69 Å². The molecule has 144 valence electrons. The number of anilines is 2. The molecule has 3 N–H and O–H groups in total. The number of aryl methyl sites for hydroxylation is 1. The molecule has 3 aromatic carbocycles. The van der Waals surface area contributed by atoms with Gasteiger partial charge < -0.3 is 5.32 Å². The summed E-state index contributed by atoms with van der Waals surface area (Å²) in [6.45, 7) is 2.02. The summed E-state index contributed by atoms with van der Waals surface area (Å²) in [5.74, 6) is 0.341. The fraction of sp³-hybridized carbons (Fsp3) is 0.0455. The molecule has 0 unspecified atom stereocenters. The third-order valence-corrected chi connectivity index (χ3v) is 4.59. The van der Waals surface area contributed by atoms with Gasteiger partial charge in [0.15, 0.2) is 5.11 Å². The average Bonchev–Trinajstić information content (AvgIpc) is 2.75. The second kappa shape index (κ2) is 8.12. The molecule has 7 heteroatoms. The van der Waals surface area contributed by atoms with Crippen molar-refractivity contribution in [1.29, 1.82) is 0 Å². The highest BCUT2D eigenvalue weighted by atomic mass is 32.1. The minimum absolute atomic E-state index is 0.163. The Kier molecular flexibility index (Phi) is 5.22. The number of para-hydroxylation sites is 2. The summed E-state index contributed by atoms with van der Waals surface area (Å²) in [5.41, 5.74) is 9.06. The van der Waals surface area contributed by atoms with Gasteiger partial charge in [-0.2, -0.15) is 0 Å². The predicted octanol–water partition coefficient (Wildman–Crippen LogP) is 4.01. The highest BCUT2D eigenvalue weighted by Gasteiger charge is 2.12. The van der Waals surface area contributed by atoms with Crippen LogP contribution in [0.1, 0.15) is 5.56 Å². The third-order valence-electron chi connectivity index (χ3n) is 4.39. The van der Waals surface area contributed by atoms with E-state index in [9.17, 15) is 4.79 Å². The SMILES string of the molecule is Cc1ccc(NC(=S)NNc2nc3ccccc3c(=O)n2-c2ccccc2)cc1. The van der Waals surface area contributed by atoms with Crippen LogP contribution < -0.4 is 21.7 Å². The van der Waals surface area contributed by atoms with Crippen molar-refractivity contribution in [2.45, 2.75) is 6.92 Å².